The van der Waals surface area contributed by atoms with Gasteiger partial charge >= 0.3 is 0 Å². The summed E-state index contributed by atoms with van der Waals surface area (Å²) in [5.41, 5.74) is 1.29. The lowest BCUT2D eigenvalue weighted by molar-refractivity contribution is 0.0392. The zero-order chi connectivity index (χ0) is 24.4. The zero-order valence-electron chi connectivity index (χ0n) is 19.5. The van der Waals surface area contributed by atoms with Gasteiger partial charge in [-0.3, -0.25) is 9.69 Å². The maximum absolute atomic E-state index is 12.5. The van der Waals surface area contributed by atoms with Gasteiger partial charge in [-0.05, 0) is 61.9 Å². The Morgan fingerprint density at radius 2 is 1.94 bits per heavy atom. The van der Waals surface area contributed by atoms with E-state index in [1.165, 1.54) is 30.3 Å². The van der Waals surface area contributed by atoms with E-state index in [4.69, 9.17) is 9.47 Å². The maximum Gasteiger partial charge on any atom is 0.251 e. The summed E-state index contributed by atoms with van der Waals surface area (Å²) < 4.78 is 38.0. The first-order valence-corrected chi connectivity index (χ1v) is 12.9. The van der Waals surface area contributed by atoms with Crippen LogP contribution in [0.1, 0.15) is 28.8 Å². The van der Waals surface area contributed by atoms with Crippen molar-refractivity contribution in [3.05, 3.63) is 72.3 Å². The normalized spacial score (nSPS) is 14.6. The fraction of sp³-hybridized carbons (Fsp3) is 0.400. The van der Waals surface area contributed by atoms with Crippen LogP contribution in [0.4, 0.5) is 0 Å². The van der Waals surface area contributed by atoms with Crippen LogP contribution in [0.5, 0.6) is 5.75 Å². The topological polar surface area (TPSA) is 97.0 Å². The third-order valence-electron chi connectivity index (χ3n) is 5.72. The molecule has 1 aliphatic rings. The molecule has 184 valence electrons. The molecule has 1 heterocycles. The van der Waals surface area contributed by atoms with Gasteiger partial charge in [0.25, 0.3) is 5.91 Å². The number of carbonyl (C=O) groups is 1. The highest BCUT2D eigenvalue weighted by atomic mass is 32.2. The van der Waals surface area contributed by atoms with Gasteiger partial charge in [-0.15, -0.1) is 6.58 Å². The molecule has 2 aromatic carbocycles. The lowest BCUT2D eigenvalue weighted by Gasteiger charge is -2.31. The van der Waals surface area contributed by atoms with Gasteiger partial charge < -0.3 is 14.8 Å². The third kappa shape index (κ3) is 7.66. The van der Waals surface area contributed by atoms with Crippen LogP contribution in [0.2, 0.25) is 0 Å². The van der Waals surface area contributed by atoms with E-state index in [1.807, 2.05) is 24.3 Å². The molecular formula is C25H33N3O5S. The minimum atomic E-state index is -3.62. The fourth-order valence-corrected chi connectivity index (χ4v) is 4.68. The van der Waals surface area contributed by atoms with Crippen LogP contribution in [0, 0.1) is 0 Å². The summed E-state index contributed by atoms with van der Waals surface area (Å²) in [5, 5.41) is 2.86. The van der Waals surface area contributed by atoms with E-state index >= 15 is 0 Å². The molecule has 2 N–H and O–H groups in total. The number of hydrogen-bond donors (Lipinski definition) is 2. The molecule has 8 nitrogen and oxygen atoms in total. The average molecular weight is 488 g/mol. The molecule has 0 bridgehead atoms. The molecule has 34 heavy (non-hydrogen) atoms. The summed E-state index contributed by atoms with van der Waals surface area (Å²) in [6.45, 7) is 7.02. The number of hydrogen-bond acceptors (Lipinski definition) is 6. The second-order valence-corrected chi connectivity index (χ2v) is 9.93. The van der Waals surface area contributed by atoms with Crippen molar-refractivity contribution in [2.45, 2.75) is 30.3 Å². The van der Waals surface area contributed by atoms with Gasteiger partial charge in [-0.25, -0.2) is 13.1 Å². The quantitative estimate of drug-likeness (QED) is 0.447. The van der Waals surface area contributed by atoms with Crippen molar-refractivity contribution >= 4 is 15.9 Å². The van der Waals surface area contributed by atoms with Gasteiger partial charge in [-0.1, -0.05) is 18.2 Å². The fourth-order valence-electron chi connectivity index (χ4n) is 3.68. The SMILES string of the molecule is C=CCNS(=O)(=O)c1ccc(C(=O)NCc2cccc(OCCN(C)C3CCOCC3)c2)cc1. The molecule has 1 fully saturated rings. The number of nitrogens with one attached hydrogen (secondary N) is 2. The summed E-state index contributed by atoms with van der Waals surface area (Å²) in [6.07, 6.45) is 3.57. The number of amides is 1. The molecule has 0 spiro atoms. The van der Waals surface area contributed by atoms with E-state index in [2.05, 4.69) is 28.6 Å². The first kappa shape index (κ1) is 25.9. The Morgan fingerprint density at radius 3 is 2.65 bits per heavy atom. The molecule has 2 aromatic rings. The summed E-state index contributed by atoms with van der Waals surface area (Å²) in [4.78, 5) is 14.9. The Bertz CT molecular complexity index is 1050. The highest BCUT2D eigenvalue weighted by molar-refractivity contribution is 7.89. The highest BCUT2D eigenvalue weighted by Crippen LogP contribution is 2.16. The number of rotatable bonds is 12. The van der Waals surface area contributed by atoms with Crippen molar-refractivity contribution in [1.29, 1.82) is 0 Å². The molecule has 0 radical (unpaired) electrons. The molecule has 1 amide bonds. The van der Waals surface area contributed by atoms with Crippen molar-refractivity contribution in [1.82, 2.24) is 14.9 Å². The molecule has 1 aliphatic heterocycles. The van der Waals surface area contributed by atoms with Crippen molar-refractivity contribution in [3.8, 4) is 5.75 Å². The minimum Gasteiger partial charge on any atom is -0.492 e. The first-order chi connectivity index (χ1) is 16.4. The summed E-state index contributed by atoms with van der Waals surface area (Å²) in [6, 6.07) is 14.0. The number of ether oxygens (including phenoxy) is 2. The molecule has 1 saturated heterocycles. The minimum absolute atomic E-state index is 0.0956. The van der Waals surface area contributed by atoms with Crippen LogP contribution < -0.4 is 14.8 Å². The second-order valence-electron chi connectivity index (χ2n) is 8.17. The number of nitrogens with zero attached hydrogens (tertiary/aromatic N) is 1. The molecule has 0 aromatic heterocycles. The lowest BCUT2D eigenvalue weighted by Crippen LogP contribution is -2.38. The third-order valence-corrected chi connectivity index (χ3v) is 7.16. The van der Waals surface area contributed by atoms with Crippen LogP contribution >= 0.6 is 0 Å². The maximum atomic E-state index is 12.5. The molecule has 0 unspecified atom stereocenters. The Hall–Kier alpha value is -2.72. The Labute approximate surface area is 202 Å². The zero-order valence-corrected chi connectivity index (χ0v) is 20.4. The van der Waals surface area contributed by atoms with Crippen LogP contribution in [-0.4, -0.2) is 65.2 Å². The van der Waals surface area contributed by atoms with E-state index in [-0.39, 0.29) is 17.3 Å². The van der Waals surface area contributed by atoms with E-state index in [1.54, 1.807) is 0 Å². The molecule has 0 aliphatic carbocycles. The van der Waals surface area contributed by atoms with Crippen molar-refractivity contribution < 1.29 is 22.7 Å². The largest absolute Gasteiger partial charge is 0.492 e. The van der Waals surface area contributed by atoms with Gasteiger partial charge in [0, 0.05) is 44.5 Å². The summed E-state index contributed by atoms with van der Waals surface area (Å²) in [7, 11) is -1.50. The van der Waals surface area contributed by atoms with Gasteiger partial charge in [0.05, 0.1) is 4.90 Å². The van der Waals surface area contributed by atoms with Crippen LogP contribution in [0.15, 0.2) is 66.1 Å². The summed E-state index contributed by atoms with van der Waals surface area (Å²) >= 11 is 0. The van der Waals surface area contributed by atoms with Gasteiger partial charge in [0.1, 0.15) is 12.4 Å². The van der Waals surface area contributed by atoms with Crippen molar-refractivity contribution in [2.24, 2.45) is 0 Å². The molecule has 0 saturated carbocycles. The smallest absolute Gasteiger partial charge is 0.251 e. The highest BCUT2D eigenvalue weighted by Gasteiger charge is 2.18. The summed E-state index contributed by atoms with van der Waals surface area (Å²) in [5.74, 6) is 0.473. The number of benzene rings is 2. The van der Waals surface area contributed by atoms with E-state index in [9.17, 15) is 13.2 Å². The monoisotopic (exact) mass is 487 g/mol. The number of carbonyl (C=O) groups excluding carboxylic acids is 1. The Balaban J connectivity index is 1.47. The van der Waals surface area contributed by atoms with E-state index < -0.39 is 10.0 Å². The van der Waals surface area contributed by atoms with Crippen molar-refractivity contribution in [2.75, 3.05) is 40.0 Å². The molecule has 9 heteroatoms. The predicted octanol–water partition coefficient (Wildman–Crippen LogP) is 2.57. The Morgan fingerprint density at radius 1 is 1.21 bits per heavy atom. The standard InChI is InChI=1S/C25H33N3O5S/c1-3-13-27-34(30,31)24-9-7-21(8-10-24)25(29)26-19-20-5-4-6-23(18-20)33-17-14-28(2)22-11-15-32-16-12-22/h3-10,18,22,27H,1,11-17,19H2,2H3,(H,26,29). The van der Waals surface area contributed by atoms with Crippen LogP contribution in [0.3, 0.4) is 0 Å². The van der Waals surface area contributed by atoms with E-state index in [0.29, 0.717) is 24.8 Å². The van der Waals surface area contributed by atoms with E-state index in [0.717, 1.165) is 43.9 Å². The average Bonchev–Trinajstić information content (AvgIpc) is 2.87. The van der Waals surface area contributed by atoms with Crippen LogP contribution in [-0.2, 0) is 21.3 Å². The van der Waals surface area contributed by atoms with Crippen LogP contribution in [0.25, 0.3) is 0 Å². The number of likely N-dealkylation sites (N-methyl/N-ethyl adjacent to an activating group) is 1. The number of sulfonamides is 1. The second kappa shape index (κ2) is 12.7. The first-order valence-electron chi connectivity index (χ1n) is 11.4. The van der Waals surface area contributed by atoms with Gasteiger partial charge in [-0.2, -0.15) is 0 Å². The lowest BCUT2D eigenvalue weighted by atomic mass is 10.1. The Kier molecular flexibility index (Phi) is 9.64. The molecular weight excluding hydrogens is 454 g/mol. The molecule has 3 rings (SSSR count). The van der Waals surface area contributed by atoms with Crippen molar-refractivity contribution in [3.63, 3.8) is 0 Å². The van der Waals surface area contributed by atoms with Gasteiger partial charge in [0.2, 0.25) is 10.0 Å². The molecule has 0 atom stereocenters. The van der Waals surface area contributed by atoms with Gasteiger partial charge in [0.15, 0.2) is 0 Å². The predicted molar refractivity (Wildman–Crippen MR) is 131 cm³/mol.